The maximum atomic E-state index is 14.0. The van der Waals surface area contributed by atoms with E-state index in [9.17, 15) is 4.39 Å². The molecule has 2 atom stereocenters. The van der Waals surface area contributed by atoms with Crippen LogP contribution in [0.3, 0.4) is 0 Å². The second-order valence-corrected chi connectivity index (χ2v) is 6.33. The Bertz CT molecular complexity index is 396. The van der Waals surface area contributed by atoms with E-state index in [4.69, 9.17) is 4.74 Å². The molecule has 0 saturated heterocycles. The molecule has 0 aromatic heterocycles. The van der Waals surface area contributed by atoms with Gasteiger partial charge in [-0.2, -0.15) is 0 Å². The van der Waals surface area contributed by atoms with Crippen molar-refractivity contribution in [3.63, 3.8) is 0 Å². The van der Waals surface area contributed by atoms with Crippen LogP contribution in [0.4, 0.5) is 4.39 Å². The van der Waals surface area contributed by atoms with Gasteiger partial charge in [0.05, 0.1) is 6.61 Å². The second-order valence-electron chi connectivity index (χ2n) is 5.57. The fourth-order valence-corrected chi connectivity index (χ4v) is 2.91. The summed E-state index contributed by atoms with van der Waals surface area (Å²) in [6.45, 7) is 7.12. The molecule has 3 heteroatoms. The van der Waals surface area contributed by atoms with E-state index < -0.39 is 5.60 Å². The topological polar surface area (TPSA) is 9.23 Å². The first kappa shape index (κ1) is 17.9. The Hall–Kier alpha value is -0.160. The number of hydrogen-bond acceptors (Lipinski definition) is 1. The molecule has 0 radical (unpaired) electrons. The lowest BCUT2D eigenvalue weighted by atomic mass is 9.96. The smallest absolute Gasteiger partial charge is 0.129 e. The summed E-state index contributed by atoms with van der Waals surface area (Å²) in [5.41, 5.74) is 0.130. The van der Waals surface area contributed by atoms with Crippen molar-refractivity contribution in [2.45, 2.75) is 52.1 Å². The minimum atomic E-state index is -0.536. The van der Waals surface area contributed by atoms with Gasteiger partial charge in [-0.15, -0.1) is 0 Å². The van der Waals surface area contributed by atoms with Crippen LogP contribution in [-0.4, -0.2) is 11.0 Å². The number of halogens is 2. The molecule has 0 aliphatic heterocycles. The standard InChI is InChI=1S/C17H26FIO/c1-4-6-9-14(5-2)12-20-17(3,13-19)15-10-7-8-11-16(15)18/h7-8,10-11,14H,4-6,9,12-13H2,1-3H3. The third-order valence-electron chi connectivity index (χ3n) is 3.88. The van der Waals surface area contributed by atoms with E-state index in [0.717, 1.165) is 10.8 Å². The van der Waals surface area contributed by atoms with Crippen molar-refractivity contribution in [3.05, 3.63) is 35.6 Å². The van der Waals surface area contributed by atoms with E-state index in [1.54, 1.807) is 6.07 Å². The average molecular weight is 392 g/mol. The van der Waals surface area contributed by atoms with Crippen molar-refractivity contribution < 1.29 is 9.13 Å². The number of alkyl halides is 1. The minimum Gasteiger partial charge on any atom is -0.369 e. The van der Waals surface area contributed by atoms with E-state index in [1.165, 1.54) is 25.3 Å². The lowest BCUT2D eigenvalue weighted by Gasteiger charge is -2.31. The Morgan fingerprint density at radius 2 is 2.00 bits per heavy atom. The van der Waals surface area contributed by atoms with Gasteiger partial charge < -0.3 is 4.74 Å². The summed E-state index contributed by atoms with van der Waals surface area (Å²) in [5, 5.41) is 0. The first-order chi connectivity index (χ1) is 9.57. The van der Waals surface area contributed by atoms with Crippen LogP contribution in [0.25, 0.3) is 0 Å². The molecule has 1 aromatic rings. The molecule has 2 unspecified atom stereocenters. The van der Waals surface area contributed by atoms with Gasteiger partial charge in [0.25, 0.3) is 0 Å². The Balaban J connectivity index is 2.72. The zero-order chi connectivity index (χ0) is 15.0. The highest BCUT2D eigenvalue weighted by Gasteiger charge is 2.29. The van der Waals surface area contributed by atoms with Gasteiger partial charge in [0.2, 0.25) is 0 Å². The molecule has 20 heavy (non-hydrogen) atoms. The maximum absolute atomic E-state index is 14.0. The van der Waals surface area contributed by atoms with Gasteiger partial charge in [-0.05, 0) is 25.3 Å². The van der Waals surface area contributed by atoms with E-state index in [0.29, 0.717) is 18.1 Å². The predicted molar refractivity (Wildman–Crippen MR) is 91.9 cm³/mol. The summed E-state index contributed by atoms with van der Waals surface area (Å²) < 4.78 is 20.9. The van der Waals surface area contributed by atoms with Crippen LogP contribution in [0.5, 0.6) is 0 Å². The molecule has 0 N–H and O–H groups in total. The Morgan fingerprint density at radius 3 is 2.55 bits per heavy atom. The van der Waals surface area contributed by atoms with Crippen molar-refractivity contribution in [3.8, 4) is 0 Å². The molecule has 114 valence electrons. The molecule has 0 amide bonds. The molecule has 0 aliphatic rings. The van der Waals surface area contributed by atoms with E-state index in [1.807, 2.05) is 19.1 Å². The molecule has 0 saturated carbocycles. The fourth-order valence-electron chi connectivity index (χ4n) is 2.28. The summed E-state index contributed by atoms with van der Waals surface area (Å²) in [4.78, 5) is 0. The molecular formula is C17H26FIO. The quantitative estimate of drug-likeness (QED) is 0.387. The second kappa shape index (κ2) is 8.98. The van der Waals surface area contributed by atoms with Gasteiger partial charge in [0, 0.05) is 9.99 Å². The lowest BCUT2D eigenvalue weighted by Crippen LogP contribution is -2.31. The minimum absolute atomic E-state index is 0.173. The van der Waals surface area contributed by atoms with Crippen LogP contribution in [-0.2, 0) is 10.3 Å². The Kier molecular flexibility index (Phi) is 8.03. The highest BCUT2D eigenvalue weighted by molar-refractivity contribution is 14.1. The van der Waals surface area contributed by atoms with E-state index in [2.05, 4.69) is 36.4 Å². The monoisotopic (exact) mass is 392 g/mol. The first-order valence-corrected chi connectivity index (χ1v) is 9.04. The number of benzene rings is 1. The molecule has 1 rings (SSSR count). The van der Waals surface area contributed by atoms with Gasteiger partial charge in [-0.25, -0.2) is 4.39 Å². The number of hydrogen-bond donors (Lipinski definition) is 0. The fraction of sp³-hybridized carbons (Fsp3) is 0.647. The Labute approximate surface area is 136 Å². The molecule has 0 fully saturated rings. The zero-order valence-corrected chi connectivity index (χ0v) is 15.0. The van der Waals surface area contributed by atoms with Gasteiger partial charge in [-0.3, -0.25) is 0 Å². The SMILES string of the molecule is CCCCC(CC)COC(C)(CI)c1ccccc1F. The van der Waals surface area contributed by atoms with Crippen LogP contribution in [0, 0.1) is 11.7 Å². The van der Waals surface area contributed by atoms with Gasteiger partial charge >= 0.3 is 0 Å². The molecule has 0 bridgehead atoms. The third-order valence-corrected chi connectivity index (χ3v) is 5.34. The molecular weight excluding hydrogens is 366 g/mol. The first-order valence-electron chi connectivity index (χ1n) is 7.52. The van der Waals surface area contributed by atoms with Crippen LogP contribution < -0.4 is 0 Å². The lowest BCUT2D eigenvalue weighted by molar-refractivity contribution is -0.0381. The normalized spacial score (nSPS) is 15.8. The van der Waals surface area contributed by atoms with Crippen molar-refractivity contribution in [2.75, 3.05) is 11.0 Å². The number of unbranched alkanes of at least 4 members (excludes halogenated alkanes) is 1. The van der Waals surface area contributed by atoms with Gasteiger partial charge in [-0.1, -0.05) is 73.9 Å². The van der Waals surface area contributed by atoms with E-state index in [-0.39, 0.29) is 5.82 Å². The van der Waals surface area contributed by atoms with Crippen LogP contribution in [0.2, 0.25) is 0 Å². The predicted octanol–water partition coefficient (Wildman–Crippen LogP) is 5.71. The summed E-state index contributed by atoms with van der Waals surface area (Å²) in [7, 11) is 0. The summed E-state index contributed by atoms with van der Waals surface area (Å²) in [6, 6.07) is 6.95. The average Bonchev–Trinajstić information content (AvgIpc) is 2.47. The summed E-state index contributed by atoms with van der Waals surface area (Å²) >= 11 is 2.28. The maximum Gasteiger partial charge on any atom is 0.129 e. The van der Waals surface area contributed by atoms with Crippen LogP contribution in [0.15, 0.2) is 24.3 Å². The van der Waals surface area contributed by atoms with Crippen LogP contribution in [0.1, 0.15) is 52.0 Å². The summed E-state index contributed by atoms with van der Waals surface area (Å²) in [6.07, 6.45) is 4.77. The van der Waals surface area contributed by atoms with Crippen molar-refractivity contribution >= 4 is 22.6 Å². The summed E-state index contributed by atoms with van der Waals surface area (Å²) in [5.74, 6) is 0.400. The Morgan fingerprint density at radius 1 is 1.30 bits per heavy atom. The number of ether oxygens (including phenoxy) is 1. The molecule has 0 heterocycles. The van der Waals surface area contributed by atoms with Crippen molar-refractivity contribution in [1.29, 1.82) is 0 Å². The third kappa shape index (κ3) is 4.99. The molecule has 1 aromatic carbocycles. The van der Waals surface area contributed by atoms with E-state index >= 15 is 0 Å². The van der Waals surface area contributed by atoms with Gasteiger partial charge in [0.15, 0.2) is 0 Å². The molecule has 0 aliphatic carbocycles. The highest BCUT2D eigenvalue weighted by Crippen LogP contribution is 2.31. The molecule has 0 spiro atoms. The van der Waals surface area contributed by atoms with Crippen molar-refractivity contribution in [1.82, 2.24) is 0 Å². The molecule has 1 nitrogen and oxygen atoms in total. The highest BCUT2D eigenvalue weighted by atomic mass is 127. The van der Waals surface area contributed by atoms with Crippen molar-refractivity contribution in [2.24, 2.45) is 5.92 Å². The van der Waals surface area contributed by atoms with Gasteiger partial charge in [0.1, 0.15) is 11.4 Å². The zero-order valence-electron chi connectivity index (χ0n) is 12.8. The largest absolute Gasteiger partial charge is 0.369 e. The van der Waals surface area contributed by atoms with Crippen LogP contribution >= 0.6 is 22.6 Å². The number of rotatable bonds is 9.